The molecule has 0 rings (SSSR count). The van der Waals surface area contributed by atoms with Crippen LogP contribution in [0.1, 0.15) is 33.6 Å². The van der Waals surface area contributed by atoms with Gasteiger partial charge in [-0.15, -0.1) is 0 Å². The summed E-state index contributed by atoms with van der Waals surface area (Å²) < 4.78 is 0. The fourth-order valence-corrected chi connectivity index (χ4v) is 0.733. The van der Waals surface area contributed by atoms with Crippen molar-refractivity contribution in [1.29, 1.82) is 0 Å². The Balaban J connectivity index is 3.04. The van der Waals surface area contributed by atoms with Crippen LogP contribution in [-0.4, -0.2) is 18.6 Å². The molecule has 0 saturated carbocycles. The van der Waals surface area contributed by atoms with Crippen LogP contribution in [-0.2, 0) is 0 Å². The number of nitrogens with one attached hydrogen (secondary N) is 1. The zero-order chi connectivity index (χ0) is 8.04. The van der Waals surface area contributed by atoms with E-state index in [1.807, 2.05) is 0 Å². The molecule has 0 fully saturated rings. The van der Waals surface area contributed by atoms with E-state index in [2.05, 4.69) is 26.1 Å². The van der Waals surface area contributed by atoms with Crippen molar-refractivity contribution in [3.05, 3.63) is 0 Å². The highest BCUT2D eigenvalue weighted by molar-refractivity contribution is 4.69. The molecule has 2 heteroatoms. The first-order chi connectivity index (χ1) is 4.56. The molecule has 0 unspecified atom stereocenters. The Bertz CT molecular complexity index is 73.8. The third kappa shape index (κ3) is 7.92. The molecule has 0 aliphatic heterocycles. The van der Waals surface area contributed by atoms with Gasteiger partial charge in [-0.05, 0) is 46.7 Å². The Morgan fingerprint density at radius 1 is 1.20 bits per heavy atom. The fourth-order valence-electron chi connectivity index (χ4n) is 0.733. The van der Waals surface area contributed by atoms with Crippen LogP contribution >= 0.6 is 0 Å². The van der Waals surface area contributed by atoms with Crippen molar-refractivity contribution in [3.8, 4) is 0 Å². The Morgan fingerprint density at radius 3 is 2.20 bits per heavy atom. The van der Waals surface area contributed by atoms with Crippen LogP contribution in [0.5, 0.6) is 0 Å². The van der Waals surface area contributed by atoms with Crippen molar-refractivity contribution in [2.75, 3.05) is 13.1 Å². The summed E-state index contributed by atoms with van der Waals surface area (Å²) in [7, 11) is 0. The molecule has 10 heavy (non-hydrogen) atoms. The van der Waals surface area contributed by atoms with Crippen LogP contribution in [0.4, 0.5) is 0 Å². The van der Waals surface area contributed by atoms with Crippen LogP contribution in [0.2, 0.25) is 0 Å². The van der Waals surface area contributed by atoms with Gasteiger partial charge in [0.1, 0.15) is 0 Å². The Hall–Kier alpha value is -0.0800. The van der Waals surface area contributed by atoms with Crippen molar-refractivity contribution in [2.24, 2.45) is 5.73 Å². The van der Waals surface area contributed by atoms with Gasteiger partial charge in [-0.25, -0.2) is 0 Å². The van der Waals surface area contributed by atoms with E-state index in [1.54, 1.807) is 0 Å². The van der Waals surface area contributed by atoms with Gasteiger partial charge in [0.2, 0.25) is 0 Å². The number of rotatable bonds is 4. The second-order valence-corrected chi connectivity index (χ2v) is 3.67. The van der Waals surface area contributed by atoms with Crippen molar-refractivity contribution in [1.82, 2.24) is 5.32 Å². The molecule has 0 atom stereocenters. The zero-order valence-electron chi connectivity index (χ0n) is 7.41. The third-order valence-corrected chi connectivity index (χ3v) is 1.29. The maximum absolute atomic E-state index is 5.35. The molecular formula is C8H20N2. The normalized spacial score (nSPS) is 12.0. The lowest BCUT2D eigenvalue weighted by Gasteiger charge is -2.20. The van der Waals surface area contributed by atoms with E-state index in [0.717, 1.165) is 19.5 Å². The molecule has 3 N–H and O–H groups in total. The molecule has 0 saturated heterocycles. The second kappa shape index (κ2) is 4.69. The monoisotopic (exact) mass is 144 g/mol. The van der Waals surface area contributed by atoms with Gasteiger partial charge in [-0.3, -0.25) is 0 Å². The molecule has 0 heterocycles. The van der Waals surface area contributed by atoms with E-state index in [-0.39, 0.29) is 5.54 Å². The minimum atomic E-state index is 0.259. The smallest absolute Gasteiger partial charge is 0.00965 e. The Kier molecular flexibility index (Phi) is 4.65. The van der Waals surface area contributed by atoms with Gasteiger partial charge < -0.3 is 11.1 Å². The summed E-state index contributed by atoms with van der Waals surface area (Å²) in [6.45, 7) is 8.42. The lowest BCUT2D eigenvalue weighted by molar-refractivity contribution is 0.419. The highest BCUT2D eigenvalue weighted by Gasteiger charge is 2.06. The van der Waals surface area contributed by atoms with Crippen LogP contribution < -0.4 is 11.1 Å². The number of unbranched alkanes of at least 4 members (excludes halogenated alkanes) is 1. The second-order valence-electron chi connectivity index (χ2n) is 3.67. The summed E-state index contributed by atoms with van der Waals surface area (Å²) in [5.74, 6) is 0. The highest BCUT2D eigenvalue weighted by Crippen LogP contribution is 1.98. The summed E-state index contributed by atoms with van der Waals surface area (Å²) in [5, 5.41) is 3.40. The molecule has 0 bridgehead atoms. The van der Waals surface area contributed by atoms with Gasteiger partial charge in [-0.1, -0.05) is 0 Å². The lowest BCUT2D eigenvalue weighted by Crippen LogP contribution is -2.36. The molecule has 0 aliphatic carbocycles. The predicted molar refractivity (Wildman–Crippen MR) is 46.0 cm³/mol. The molecule has 0 aromatic rings. The number of hydrogen-bond acceptors (Lipinski definition) is 2. The first kappa shape index (κ1) is 9.92. The van der Waals surface area contributed by atoms with Gasteiger partial charge in [0.15, 0.2) is 0 Å². The summed E-state index contributed by atoms with van der Waals surface area (Å²) in [4.78, 5) is 0. The molecule has 0 radical (unpaired) electrons. The summed E-state index contributed by atoms with van der Waals surface area (Å²) in [6, 6.07) is 0. The van der Waals surface area contributed by atoms with E-state index in [4.69, 9.17) is 5.73 Å². The summed E-state index contributed by atoms with van der Waals surface area (Å²) in [6.07, 6.45) is 2.32. The highest BCUT2D eigenvalue weighted by atomic mass is 14.9. The lowest BCUT2D eigenvalue weighted by atomic mass is 10.1. The average Bonchev–Trinajstić information content (AvgIpc) is 1.78. The van der Waals surface area contributed by atoms with Crippen molar-refractivity contribution >= 4 is 0 Å². The predicted octanol–water partition coefficient (Wildman–Crippen LogP) is 1.11. The van der Waals surface area contributed by atoms with Crippen molar-refractivity contribution in [3.63, 3.8) is 0 Å². The maximum Gasteiger partial charge on any atom is 0.00965 e. The topological polar surface area (TPSA) is 38.0 Å². The summed E-state index contributed by atoms with van der Waals surface area (Å²) >= 11 is 0. The summed E-state index contributed by atoms with van der Waals surface area (Å²) in [5.41, 5.74) is 5.61. The first-order valence-electron chi connectivity index (χ1n) is 4.01. The molecule has 0 spiro atoms. The van der Waals surface area contributed by atoms with E-state index in [1.165, 1.54) is 6.42 Å². The average molecular weight is 144 g/mol. The van der Waals surface area contributed by atoms with Crippen LogP contribution in [0, 0.1) is 0 Å². The van der Waals surface area contributed by atoms with Gasteiger partial charge in [0, 0.05) is 5.54 Å². The van der Waals surface area contributed by atoms with Crippen LogP contribution in [0.3, 0.4) is 0 Å². The van der Waals surface area contributed by atoms with Gasteiger partial charge in [0.25, 0.3) is 0 Å². The maximum atomic E-state index is 5.35. The molecule has 2 nitrogen and oxygen atoms in total. The quantitative estimate of drug-likeness (QED) is 0.580. The molecular weight excluding hydrogens is 124 g/mol. The Morgan fingerprint density at radius 2 is 1.80 bits per heavy atom. The number of hydrogen-bond donors (Lipinski definition) is 2. The fraction of sp³-hybridized carbons (Fsp3) is 1.00. The van der Waals surface area contributed by atoms with E-state index in [9.17, 15) is 0 Å². The van der Waals surface area contributed by atoms with Gasteiger partial charge in [0.05, 0.1) is 0 Å². The van der Waals surface area contributed by atoms with Crippen molar-refractivity contribution < 1.29 is 0 Å². The Labute approximate surface area is 64.2 Å². The van der Waals surface area contributed by atoms with Crippen molar-refractivity contribution in [2.45, 2.75) is 39.2 Å². The molecule has 0 aliphatic rings. The molecule has 0 aromatic heterocycles. The molecule has 0 amide bonds. The van der Waals surface area contributed by atoms with E-state index < -0.39 is 0 Å². The van der Waals surface area contributed by atoms with Gasteiger partial charge >= 0.3 is 0 Å². The van der Waals surface area contributed by atoms with Crippen LogP contribution in [0.15, 0.2) is 0 Å². The minimum absolute atomic E-state index is 0.259. The third-order valence-electron chi connectivity index (χ3n) is 1.29. The van der Waals surface area contributed by atoms with E-state index in [0.29, 0.717) is 0 Å². The SMILES string of the molecule is CC(C)(C)NCCCCN. The standard InChI is InChI=1S/C8H20N2/c1-8(2,3)10-7-5-4-6-9/h10H,4-7,9H2,1-3H3. The van der Waals surface area contributed by atoms with E-state index >= 15 is 0 Å². The molecule has 0 aromatic carbocycles. The first-order valence-corrected chi connectivity index (χ1v) is 4.01. The zero-order valence-corrected chi connectivity index (χ0v) is 7.41. The minimum Gasteiger partial charge on any atom is -0.330 e. The number of nitrogens with two attached hydrogens (primary N) is 1. The largest absolute Gasteiger partial charge is 0.330 e. The van der Waals surface area contributed by atoms with Gasteiger partial charge in [-0.2, -0.15) is 0 Å². The molecule has 62 valence electrons. The van der Waals surface area contributed by atoms with Crippen LogP contribution in [0.25, 0.3) is 0 Å².